The number of nitrogens with one attached hydrogen (secondary N) is 2. The third-order valence-electron chi connectivity index (χ3n) is 4.49. The van der Waals surface area contributed by atoms with Gasteiger partial charge < -0.3 is 15.5 Å². The molecule has 6 nitrogen and oxygen atoms in total. The molecular weight excluding hydrogens is 477 g/mol. The molecule has 0 aromatic heterocycles. The first-order valence-electron chi connectivity index (χ1n) is 9.33. The van der Waals surface area contributed by atoms with E-state index in [1.807, 2.05) is 23.1 Å². The molecule has 0 spiro atoms. The highest BCUT2D eigenvalue weighted by Crippen LogP contribution is 2.14. The van der Waals surface area contributed by atoms with Crippen molar-refractivity contribution in [1.82, 2.24) is 20.4 Å². The molecule has 152 valence electrons. The van der Waals surface area contributed by atoms with Crippen LogP contribution in [0.2, 0.25) is 5.02 Å². The number of hydrogen-bond donors (Lipinski definition) is 2. The first kappa shape index (κ1) is 24.0. The molecule has 8 heteroatoms. The summed E-state index contributed by atoms with van der Waals surface area (Å²) in [6, 6.07) is 7.92. The zero-order chi connectivity index (χ0) is 18.8. The van der Waals surface area contributed by atoms with Gasteiger partial charge in [0.1, 0.15) is 0 Å². The van der Waals surface area contributed by atoms with Crippen LogP contribution in [0.5, 0.6) is 0 Å². The van der Waals surface area contributed by atoms with Crippen LogP contribution in [0.15, 0.2) is 29.3 Å². The van der Waals surface area contributed by atoms with Crippen LogP contribution in [0.4, 0.5) is 0 Å². The molecule has 1 aromatic rings. The maximum absolute atomic E-state index is 11.4. The molecule has 1 aliphatic heterocycles. The molecule has 0 radical (unpaired) electrons. The van der Waals surface area contributed by atoms with Crippen LogP contribution >= 0.6 is 35.6 Å². The van der Waals surface area contributed by atoms with Crippen LogP contribution < -0.4 is 10.6 Å². The third kappa shape index (κ3) is 8.66. The molecule has 0 saturated carbocycles. The summed E-state index contributed by atoms with van der Waals surface area (Å²) in [5, 5.41) is 7.45. The maximum atomic E-state index is 11.4. The topological polar surface area (TPSA) is 60.0 Å². The molecule has 1 amide bonds. The van der Waals surface area contributed by atoms with Crippen LogP contribution in [0.25, 0.3) is 0 Å². The molecule has 0 aliphatic carbocycles. The zero-order valence-electron chi connectivity index (χ0n) is 16.2. The minimum absolute atomic E-state index is 0. The summed E-state index contributed by atoms with van der Waals surface area (Å²) in [5.41, 5.74) is 1.14. The fraction of sp³-hybridized carbons (Fsp3) is 0.579. The molecule has 0 unspecified atom stereocenters. The summed E-state index contributed by atoms with van der Waals surface area (Å²) in [4.78, 5) is 20.3. The van der Waals surface area contributed by atoms with Crippen LogP contribution in [0.1, 0.15) is 19.4 Å². The van der Waals surface area contributed by atoms with Gasteiger partial charge in [0.25, 0.3) is 0 Å². The highest BCUT2D eigenvalue weighted by atomic mass is 127. The molecule has 1 saturated heterocycles. The normalized spacial score (nSPS) is 15.2. The van der Waals surface area contributed by atoms with Crippen LogP contribution in [0, 0.1) is 0 Å². The lowest BCUT2D eigenvalue weighted by Crippen LogP contribution is -2.48. The minimum Gasteiger partial charge on any atom is -0.357 e. The first-order chi connectivity index (χ1) is 12.6. The number of aliphatic imine (C=N–C) groups is 1. The monoisotopic (exact) mass is 507 g/mol. The van der Waals surface area contributed by atoms with Gasteiger partial charge in [-0.1, -0.05) is 29.8 Å². The lowest BCUT2D eigenvalue weighted by atomic mass is 10.1. The molecule has 2 N–H and O–H groups in total. The van der Waals surface area contributed by atoms with Crippen LogP contribution in [-0.2, 0) is 11.2 Å². The summed E-state index contributed by atoms with van der Waals surface area (Å²) in [6.45, 7) is 10.4. The second-order valence-electron chi connectivity index (χ2n) is 6.38. The number of carbonyl (C=O) groups excluding carboxylic acids is 1. The van der Waals surface area contributed by atoms with Crippen molar-refractivity contribution in [3.05, 3.63) is 34.9 Å². The second-order valence-corrected chi connectivity index (χ2v) is 6.78. The molecule has 0 bridgehead atoms. The molecule has 1 aliphatic rings. The fourth-order valence-corrected chi connectivity index (χ4v) is 3.18. The highest BCUT2D eigenvalue weighted by molar-refractivity contribution is 14.0. The molecule has 0 atom stereocenters. The van der Waals surface area contributed by atoms with E-state index in [4.69, 9.17) is 11.6 Å². The average Bonchev–Trinajstić information content (AvgIpc) is 2.63. The van der Waals surface area contributed by atoms with E-state index < -0.39 is 0 Å². The standard InChI is InChI=1S/C19H30ClN5O.HI/c1-3-21-19(22-9-8-17-6-4-5-7-18(17)20)23-10-11-24-12-14-25(15-13-24)16(2)26;/h4-7H,3,8-15H2,1-2H3,(H2,21,22,23);1H. The highest BCUT2D eigenvalue weighted by Gasteiger charge is 2.17. The molecule has 1 fully saturated rings. The number of amides is 1. The van der Waals surface area contributed by atoms with Gasteiger partial charge in [-0.15, -0.1) is 24.0 Å². The van der Waals surface area contributed by atoms with Crippen molar-refractivity contribution >= 4 is 47.4 Å². The Hall–Kier alpha value is -1.06. The fourth-order valence-electron chi connectivity index (χ4n) is 2.95. The van der Waals surface area contributed by atoms with E-state index in [0.717, 1.165) is 75.3 Å². The Morgan fingerprint density at radius 2 is 1.89 bits per heavy atom. The van der Waals surface area contributed by atoms with Gasteiger partial charge in [0.05, 0.1) is 6.54 Å². The van der Waals surface area contributed by atoms with Gasteiger partial charge in [-0.25, -0.2) is 0 Å². The summed E-state index contributed by atoms with van der Waals surface area (Å²) in [6.07, 6.45) is 0.858. The van der Waals surface area contributed by atoms with E-state index in [2.05, 4.69) is 33.5 Å². The van der Waals surface area contributed by atoms with E-state index in [9.17, 15) is 4.79 Å². The Labute approximate surface area is 184 Å². The van der Waals surface area contributed by atoms with Crippen molar-refractivity contribution in [2.75, 3.05) is 52.4 Å². The predicted octanol–water partition coefficient (Wildman–Crippen LogP) is 2.22. The van der Waals surface area contributed by atoms with Gasteiger partial charge in [-0.05, 0) is 25.0 Å². The predicted molar refractivity (Wildman–Crippen MR) is 123 cm³/mol. The van der Waals surface area contributed by atoms with Crippen molar-refractivity contribution in [3.8, 4) is 0 Å². The third-order valence-corrected chi connectivity index (χ3v) is 4.86. The van der Waals surface area contributed by atoms with Crippen molar-refractivity contribution in [3.63, 3.8) is 0 Å². The number of piperazine rings is 1. The number of rotatable bonds is 7. The Balaban J connectivity index is 0.00000364. The van der Waals surface area contributed by atoms with Gasteiger partial charge in [0.15, 0.2) is 5.96 Å². The number of halogens is 2. The van der Waals surface area contributed by atoms with Gasteiger partial charge in [-0.3, -0.25) is 14.7 Å². The number of hydrogen-bond acceptors (Lipinski definition) is 3. The minimum atomic E-state index is 0. The van der Waals surface area contributed by atoms with Gasteiger partial charge in [0, 0.05) is 57.8 Å². The largest absolute Gasteiger partial charge is 0.357 e. The SMILES string of the molecule is CCNC(=NCCN1CCN(C(C)=O)CC1)NCCc1ccccc1Cl.I. The first-order valence-corrected chi connectivity index (χ1v) is 9.71. The quantitative estimate of drug-likeness (QED) is 0.338. The number of guanidine groups is 1. The maximum Gasteiger partial charge on any atom is 0.219 e. The summed E-state index contributed by atoms with van der Waals surface area (Å²) < 4.78 is 0. The van der Waals surface area contributed by atoms with E-state index in [-0.39, 0.29) is 29.9 Å². The molecule has 2 rings (SSSR count). The Morgan fingerprint density at radius 3 is 2.52 bits per heavy atom. The summed E-state index contributed by atoms with van der Waals surface area (Å²) in [5.74, 6) is 1.00. The number of nitrogens with zero attached hydrogens (tertiary/aromatic N) is 3. The smallest absolute Gasteiger partial charge is 0.219 e. The molecule has 1 aromatic carbocycles. The van der Waals surface area contributed by atoms with Crippen LogP contribution in [-0.4, -0.2) is 74.0 Å². The zero-order valence-corrected chi connectivity index (χ0v) is 19.3. The lowest BCUT2D eigenvalue weighted by molar-refractivity contribution is -0.130. The van der Waals surface area contributed by atoms with E-state index >= 15 is 0 Å². The molecule has 1 heterocycles. The van der Waals surface area contributed by atoms with Crippen molar-refractivity contribution in [2.24, 2.45) is 4.99 Å². The van der Waals surface area contributed by atoms with Crippen molar-refractivity contribution in [2.45, 2.75) is 20.3 Å². The van der Waals surface area contributed by atoms with E-state index in [0.29, 0.717) is 0 Å². The van der Waals surface area contributed by atoms with Crippen molar-refractivity contribution in [1.29, 1.82) is 0 Å². The average molecular weight is 508 g/mol. The Kier molecular flexibility index (Phi) is 11.7. The Morgan fingerprint density at radius 1 is 1.19 bits per heavy atom. The summed E-state index contributed by atoms with van der Waals surface area (Å²) in [7, 11) is 0. The van der Waals surface area contributed by atoms with E-state index in [1.165, 1.54) is 0 Å². The van der Waals surface area contributed by atoms with Gasteiger partial charge in [0.2, 0.25) is 5.91 Å². The lowest BCUT2D eigenvalue weighted by Gasteiger charge is -2.33. The number of benzene rings is 1. The second kappa shape index (κ2) is 13.2. The van der Waals surface area contributed by atoms with E-state index in [1.54, 1.807) is 6.92 Å². The molecule has 27 heavy (non-hydrogen) atoms. The van der Waals surface area contributed by atoms with Crippen molar-refractivity contribution < 1.29 is 4.79 Å². The van der Waals surface area contributed by atoms with Crippen LogP contribution in [0.3, 0.4) is 0 Å². The van der Waals surface area contributed by atoms with Gasteiger partial charge >= 0.3 is 0 Å². The summed E-state index contributed by atoms with van der Waals surface area (Å²) >= 11 is 6.20. The van der Waals surface area contributed by atoms with Gasteiger partial charge in [-0.2, -0.15) is 0 Å². The molecular formula is C19H31ClIN5O. The number of carbonyl (C=O) groups is 1. The Bertz CT molecular complexity index is 606.